The Morgan fingerprint density at radius 1 is 1.00 bits per heavy atom. The largest absolute Gasteiger partial charge is 0.489 e. The molecule has 0 saturated carbocycles. The van der Waals surface area contributed by atoms with Crippen LogP contribution in [0, 0.1) is 0 Å². The number of carboxylic acid groups (broad SMARTS) is 1. The smallest absolute Gasteiger partial charge is 0.328 e. The second kappa shape index (κ2) is 7.75. The van der Waals surface area contributed by atoms with Gasteiger partial charge in [-0.2, -0.15) is 0 Å². The van der Waals surface area contributed by atoms with E-state index in [4.69, 9.17) is 14.6 Å². The SMILES string of the molecule is O=C(O)C=CCOc1cccc(OCc2ccccc2)c1. The van der Waals surface area contributed by atoms with E-state index in [0.29, 0.717) is 18.1 Å². The van der Waals surface area contributed by atoms with Crippen molar-refractivity contribution in [1.82, 2.24) is 0 Å². The Labute approximate surface area is 123 Å². The molecular formula is C17H16O4. The van der Waals surface area contributed by atoms with Crippen LogP contribution in [-0.2, 0) is 11.4 Å². The molecule has 2 aromatic rings. The number of aliphatic carboxylic acids is 1. The fourth-order valence-corrected chi connectivity index (χ4v) is 1.69. The third kappa shape index (κ3) is 5.40. The topological polar surface area (TPSA) is 55.8 Å². The molecule has 0 spiro atoms. The van der Waals surface area contributed by atoms with E-state index in [1.807, 2.05) is 42.5 Å². The fourth-order valence-electron chi connectivity index (χ4n) is 1.69. The van der Waals surface area contributed by atoms with Crippen LogP contribution in [0.15, 0.2) is 66.7 Å². The predicted molar refractivity (Wildman–Crippen MR) is 79.5 cm³/mol. The zero-order chi connectivity index (χ0) is 14.9. The van der Waals surface area contributed by atoms with Crippen LogP contribution in [-0.4, -0.2) is 17.7 Å². The van der Waals surface area contributed by atoms with E-state index in [1.165, 1.54) is 6.08 Å². The molecule has 0 saturated heterocycles. The summed E-state index contributed by atoms with van der Waals surface area (Å²) in [6, 6.07) is 17.1. The Hall–Kier alpha value is -2.75. The van der Waals surface area contributed by atoms with E-state index in [1.54, 1.807) is 12.1 Å². The summed E-state index contributed by atoms with van der Waals surface area (Å²) in [5.74, 6) is 0.354. The average molecular weight is 284 g/mol. The van der Waals surface area contributed by atoms with Gasteiger partial charge in [0.15, 0.2) is 0 Å². The normalized spacial score (nSPS) is 10.5. The molecule has 0 amide bonds. The second-order valence-electron chi connectivity index (χ2n) is 4.30. The lowest BCUT2D eigenvalue weighted by Gasteiger charge is -2.08. The molecule has 0 bridgehead atoms. The molecule has 2 aromatic carbocycles. The van der Waals surface area contributed by atoms with Crippen LogP contribution >= 0.6 is 0 Å². The molecule has 0 atom stereocenters. The quantitative estimate of drug-likeness (QED) is 0.793. The van der Waals surface area contributed by atoms with Crippen molar-refractivity contribution in [3.63, 3.8) is 0 Å². The zero-order valence-corrected chi connectivity index (χ0v) is 11.4. The summed E-state index contributed by atoms with van der Waals surface area (Å²) >= 11 is 0. The summed E-state index contributed by atoms with van der Waals surface area (Å²) in [5, 5.41) is 8.47. The maximum absolute atomic E-state index is 10.3. The lowest BCUT2D eigenvalue weighted by molar-refractivity contribution is -0.131. The van der Waals surface area contributed by atoms with Gasteiger partial charge in [-0.25, -0.2) is 4.79 Å². The van der Waals surface area contributed by atoms with E-state index >= 15 is 0 Å². The number of ether oxygens (including phenoxy) is 2. The third-order valence-corrected chi connectivity index (χ3v) is 2.66. The van der Waals surface area contributed by atoms with Gasteiger partial charge in [0.1, 0.15) is 24.7 Å². The van der Waals surface area contributed by atoms with Crippen LogP contribution in [0.3, 0.4) is 0 Å². The van der Waals surface area contributed by atoms with Crippen LogP contribution in [0.2, 0.25) is 0 Å². The molecule has 1 N–H and O–H groups in total. The molecule has 0 aromatic heterocycles. The van der Waals surface area contributed by atoms with Crippen LogP contribution in [0.1, 0.15) is 5.56 Å². The summed E-state index contributed by atoms with van der Waals surface area (Å²) in [5.41, 5.74) is 1.09. The molecule has 108 valence electrons. The van der Waals surface area contributed by atoms with Gasteiger partial charge in [-0.1, -0.05) is 36.4 Å². The molecule has 4 heteroatoms. The van der Waals surface area contributed by atoms with Crippen molar-refractivity contribution >= 4 is 5.97 Å². The Kier molecular flexibility index (Phi) is 5.41. The first kappa shape index (κ1) is 14.7. The van der Waals surface area contributed by atoms with Crippen molar-refractivity contribution in [3.8, 4) is 11.5 Å². The minimum atomic E-state index is -0.987. The highest BCUT2D eigenvalue weighted by molar-refractivity contribution is 5.79. The Morgan fingerprint density at radius 2 is 1.71 bits per heavy atom. The Balaban J connectivity index is 1.87. The van der Waals surface area contributed by atoms with E-state index in [2.05, 4.69) is 0 Å². The van der Waals surface area contributed by atoms with E-state index in [0.717, 1.165) is 11.6 Å². The van der Waals surface area contributed by atoms with Gasteiger partial charge in [0.2, 0.25) is 0 Å². The second-order valence-corrected chi connectivity index (χ2v) is 4.30. The minimum absolute atomic E-state index is 0.203. The molecular weight excluding hydrogens is 268 g/mol. The molecule has 0 unspecified atom stereocenters. The number of benzene rings is 2. The van der Waals surface area contributed by atoms with Crippen LogP contribution in [0.4, 0.5) is 0 Å². The lowest BCUT2D eigenvalue weighted by atomic mass is 10.2. The highest BCUT2D eigenvalue weighted by atomic mass is 16.5. The number of rotatable bonds is 7. The van der Waals surface area contributed by atoms with Crippen molar-refractivity contribution in [2.45, 2.75) is 6.61 Å². The molecule has 0 radical (unpaired) electrons. The third-order valence-electron chi connectivity index (χ3n) is 2.66. The molecule has 4 nitrogen and oxygen atoms in total. The minimum Gasteiger partial charge on any atom is -0.489 e. The van der Waals surface area contributed by atoms with Crippen LogP contribution in [0.25, 0.3) is 0 Å². The number of carbonyl (C=O) groups is 1. The average Bonchev–Trinajstić information content (AvgIpc) is 2.51. The molecule has 0 aliphatic heterocycles. The standard InChI is InChI=1S/C17H16O4/c18-17(19)10-5-11-20-15-8-4-9-16(12-15)21-13-14-6-2-1-3-7-14/h1-10,12H,11,13H2,(H,18,19). The summed E-state index contributed by atoms with van der Waals surface area (Å²) < 4.78 is 11.1. The molecule has 0 heterocycles. The molecule has 21 heavy (non-hydrogen) atoms. The van der Waals surface area contributed by atoms with Gasteiger partial charge in [-0.15, -0.1) is 0 Å². The summed E-state index contributed by atoms with van der Waals surface area (Å²) in [4.78, 5) is 10.3. The first-order chi connectivity index (χ1) is 10.2. The van der Waals surface area contributed by atoms with E-state index in [9.17, 15) is 4.79 Å². The molecule has 0 aliphatic rings. The van der Waals surface area contributed by atoms with Crippen LogP contribution < -0.4 is 9.47 Å². The lowest BCUT2D eigenvalue weighted by Crippen LogP contribution is -1.97. The maximum Gasteiger partial charge on any atom is 0.328 e. The monoisotopic (exact) mass is 284 g/mol. The number of hydrogen-bond donors (Lipinski definition) is 1. The van der Waals surface area contributed by atoms with Gasteiger partial charge in [0.05, 0.1) is 0 Å². The summed E-state index contributed by atoms with van der Waals surface area (Å²) in [6.07, 6.45) is 2.50. The maximum atomic E-state index is 10.3. The Bertz CT molecular complexity index is 605. The van der Waals surface area contributed by atoms with Crippen molar-refractivity contribution in [3.05, 3.63) is 72.3 Å². The highest BCUT2D eigenvalue weighted by Crippen LogP contribution is 2.20. The summed E-state index contributed by atoms with van der Waals surface area (Å²) in [7, 11) is 0. The van der Waals surface area contributed by atoms with Gasteiger partial charge >= 0.3 is 5.97 Å². The first-order valence-electron chi connectivity index (χ1n) is 6.53. The Morgan fingerprint density at radius 3 is 2.43 bits per heavy atom. The van der Waals surface area contributed by atoms with Gasteiger partial charge in [-0.05, 0) is 23.8 Å². The van der Waals surface area contributed by atoms with Gasteiger partial charge < -0.3 is 14.6 Å². The van der Waals surface area contributed by atoms with Crippen molar-refractivity contribution in [2.75, 3.05) is 6.61 Å². The van der Waals surface area contributed by atoms with Crippen LogP contribution in [0.5, 0.6) is 11.5 Å². The first-order valence-corrected chi connectivity index (χ1v) is 6.53. The van der Waals surface area contributed by atoms with E-state index in [-0.39, 0.29) is 6.61 Å². The van der Waals surface area contributed by atoms with E-state index < -0.39 is 5.97 Å². The van der Waals surface area contributed by atoms with Gasteiger partial charge in [0.25, 0.3) is 0 Å². The number of carboxylic acids is 1. The van der Waals surface area contributed by atoms with Crippen molar-refractivity contribution < 1.29 is 19.4 Å². The predicted octanol–water partition coefficient (Wildman–Crippen LogP) is 3.29. The van der Waals surface area contributed by atoms with Crippen molar-refractivity contribution in [2.24, 2.45) is 0 Å². The molecule has 2 rings (SSSR count). The zero-order valence-electron chi connectivity index (χ0n) is 11.4. The van der Waals surface area contributed by atoms with Gasteiger partial charge in [0, 0.05) is 12.1 Å². The molecule has 0 aliphatic carbocycles. The molecule has 0 fully saturated rings. The highest BCUT2D eigenvalue weighted by Gasteiger charge is 1.98. The summed E-state index contributed by atoms with van der Waals surface area (Å²) in [6.45, 7) is 0.692. The van der Waals surface area contributed by atoms with Gasteiger partial charge in [-0.3, -0.25) is 0 Å². The fraction of sp³-hybridized carbons (Fsp3) is 0.118. The van der Waals surface area contributed by atoms with Crippen molar-refractivity contribution in [1.29, 1.82) is 0 Å². The number of hydrogen-bond acceptors (Lipinski definition) is 3.